The van der Waals surface area contributed by atoms with Gasteiger partial charge in [0.2, 0.25) is 0 Å². The molecule has 0 spiro atoms. The Morgan fingerprint density at radius 3 is 2.12 bits per heavy atom. The number of nitrogens with two attached hydrogens (primary N) is 1. The molecule has 0 atom stereocenters. The van der Waals surface area contributed by atoms with Gasteiger partial charge in [0.15, 0.2) is 0 Å². The van der Waals surface area contributed by atoms with Crippen molar-refractivity contribution in [3.05, 3.63) is 35.9 Å². The fourth-order valence-electron chi connectivity index (χ4n) is 4.25. The Labute approximate surface area is 152 Å². The molecule has 1 saturated carbocycles. The number of piperidine rings is 1. The Hall–Kier alpha value is -1.39. The number of rotatable bonds is 5. The van der Waals surface area contributed by atoms with Crippen molar-refractivity contribution in [3.63, 3.8) is 0 Å². The van der Waals surface area contributed by atoms with E-state index in [1.165, 1.54) is 64.5 Å². The Balaban J connectivity index is 0.000000277. The molecule has 0 bridgehead atoms. The molecular weight excluding hydrogens is 312 g/mol. The van der Waals surface area contributed by atoms with Crippen LogP contribution in [0.2, 0.25) is 0 Å². The molecule has 1 aliphatic carbocycles. The molecule has 0 unspecified atom stereocenters. The molecule has 2 aliphatic rings. The third kappa shape index (κ3) is 5.82. The van der Waals surface area contributed by atoms with Gasteiger partial charge in [-0.15, -0.1) is 0 Å². The number of carboxylic acids is 1. The lowest BCUT2D eigenvalue weighted by atomic mass is 9.74. The first-order valence-electron chi connectivity index (χ1n) is 9.91. The quantitative estimate of drug-likeness (QED) is 0.841. The lowest BCUT2D eigenvalue weighted by molar-refractivity contribution is -0.137. The third-order valence-electron chi connectivity index (χ3n) is 5.55. The largest absolute Gasteiger partial charge is 0.481 e. The maximum Gasteiger partial charge on any atom is 0.303 e. The SMILES string of the molecule is NCCCC(=O)O.c1ccc(C2(N3CCCCC3)CCCCC2)cc1. The van der Waals surface area contributed by atoms with Crippen LogP contribution in [-0.4, -0.2) is 35.6 Å². The summed E-state index contributed by atoms with van der Waals surface area (Å²) in [6.45, 7) is 3.09. The molecule has 25 heavy (non-hydrogen) atoms. The monoisotopic (exact) mass is 346 g/mol. The van der Waals surface area contributed by atoms with E-state index in [1.54, 1.807) is 5.56 Å². The number of hydrogen-bond donors (Lipinski definition) is 2. The molecule has 4 heteroatoms. The van der Waals surface area contributed by atoms with Crippen LogP contribution in [0.5, 0.6) is 0 Å². The number of benzene rings is 1. The highest BCUT2D eigenvalue weighted by molar-refractivity contribution is 5.66. The fraction of sp³-hybridized carbons (Fsp3) is 0.667. The van der Waals surface area contributed by atoms with E-state index in [-0.39, 0.29) is 6.42 Å². The molecule has 0 aromatic heterocycles. The predicted octanol–water partition coefficient (Wildman–Crippen LogP) is 4.14. The van der Waals surface area contributed by atoms with E-state index >= 15 is 0 Å². The maximum absolute atomic E-state index is 9.70. The van der Waals surface area contributed by atoms with Gasteiger partial charge in [-0.1, -0.05) is 56.0 Å². The van der Waals surface area contributed by atoms with Crippen LogP contribution >= 0.6 is 0 Å². The van der Waals surface area contributed by atoms with Gasteiger partial charge < -0.3 is 10.8 Å². The predicted molar refractivity (Wildman–Crippen MR) is 103 cm³/mol. The van der Waals surface area contributed by atoms with Crippen molar-refractivity contribution >= 4 is 5.97 Å². The lowest BCUT2D eigenvalue weighted by Gasteiger charge is -2.48. The molecule has 2 fully saturated rings. The molecule has 140 valence electrons. The second-order valence-corrected chi connectivity index (χ2v) is 7.29. The minimum Gasteiger partial charge on any atom is -0.481 e. The maximum atomic E-state index is 9.70. The number of nitrogens with zero attached hydrogens (tertiary/aromatic N) is 1. The summed E-state index contributed by atoms with van der Waals surface area (Å²) < 4.78 is 0. The normalized spacial score (nSPS) is 20.4. The van der Waals surface area contributed by atoms with Crippen molar-refractivity contribution in [1.82, 2.24) is 4.90 Å². The molecule has 3 N–H and O–H groups in total. The van der Waals surface area contributed by atoms with E-state index in [0.29, 0.717) is 18.5 Å². The number of likely N-dealkylation sites (tertiary alicyclic amines) is 1. The molecular formula is C21H34N2O2. The number of carbonyl (C=O) groups is 1. The summed E-state index contributed by atoms with van der Waals surface area (Å²) in [6, 6.07) is 11.3. The van der Waals surface area contributed by atoms with Gasteiger partial charge in [0, 0.05) is 12.0 Å². The molecule has 1 heterocycles. The van der Waals surface area contributed by atoms with Crippen molar-refractivity contribution in [2.75, 3.05) is 19.6 Å². The standard InChI is InChI=1S/C17H25N.C4H9NO2/c1-4-10-16(11-5-1)17(12-6-2-7-13-17)18-14-8-3-9-15-18;5-3-1-2-4(6)7/h1,4-5,10-11H,2-3,6-9,12-15H2;1-3,5H2,(H,6,7). The third-order valence-corrected chi connectivity index (χ3v) is 5.55. The topological polar surface area (TPSA) is 66.6 Å². The Morgan fingerprint density at radius 1 is 1.00 bits per heavy atom. The molecule has 1 aromatic carbocycles. The highest BCUT2D eigenvalue weighted by Gasteiger charge is 2.39. The number of carboxylic acid groups (broad SMARTS) is 1. The summed E-state index contributed by atoms with van der Waals surface area (Å²) in [5.41, 5.74) is 6.96. The van der Waals surface area contributed by atoms with Crippen LogP contribution in [0.1, 0.15) is 69.8 Å². The average molecular weight is 347 g/mol. The first kappa shape index (κ1) is 19.9. The second-order valence-electron chi connectivity index (χ2n) is 7.29. The van der Waals surface area contributed by atoms with Crippen LogP contribution in [0.4, 0.5) is 0 Å². The van der Waals surface area contributed by atoms with Gasteiger partial charge in [-0.25, -0.2) is 0 Å². The summed E-state index contributed by atoms with van der Waals surface area (Å²) in [6.07, 6.45) is 12.0. The highest BCUT2D eigenvalue weighted by atomic mass is 16.4. The zero-order valence-electron chi connectivity index (χ0n) is 15.5. The van der Waals surface area contributed by atoms with Crippen molar-refractivity contribution in [1.29, 1.82) is 0 Å². The summed E-state index contributed by atoms with van der Waals surface area (Å²) in [4.78, 5) is 12.5. The summed E-state index contributed by atoms with van der Waals surface area (Å²) in [5, 5.41) is 7.99. The van der Waals surface area contributed by atoms with Crippen molar-refractivity contribution in [2.45, 2.75) is 69.7 Å². The van der Waals surface area contributed by atoms with Crippen LogP contribution in [-0.2, 0) is 10.3 Å². The van der Waals surface area contributed by atoms with Crippen molar-refractivity contribution < 1.29 is 9.90 Å². The molecule has 1 aliphatic heterocycles. The van der Waals surface area contributed by atoms with Crippen LogP contribution in [0.15, 0.2) is 30.3 Å². The zero-order chi connectivity index (χ0) is 18.0. The zero-order valence-corrected chi connectivity index (χ0v) is 15.5. The molecule has 3 rings (SSSR count). The Kier molecular flexibility index (Phi) is 8.42. The van der Waals surface area contributed by atoms with Gasteiger partial charge in [-0.2, -0.15) is 0 Å². The van der Waals surface area contributed by atoms with Gasteiger partial charge >= 0.3 is 5.97 Å². The van der Waals surface area contributed by atoms with Gasteiger partial charge in [-0.3, -0.25) is 9.69 Å². The molecule has 0 amide bonds. The lowest BCUT2D eigenvalue weighted by Crippen LogP contribution is -2.49. The summed E-state index contributed by atoms with van der Waals surface area (Å²) in [7, 11) is 0. The first-order chi connectivity index (χ1) is 12.2. The first-order valence-corrected chi connectivity index (χ1v) is 9.91. The van der Waals surface area contributed by atoms with Crippen LogP contribution in [0.25, 0.3) is 0 Å². The smallest absolute Gasteiger partial charge is 0.303 e. The van der Waals surface area contributed by atoms with Gasteiger partial charge in [0.1, 0.15) is 0 Å². The van der Waals surface area contributed by atoms with Gasteiger partial charge in [0.05, 0.1) is 0 Å². The average Bonchev–Trinajstić information content (AvgIpc) is 2.69. The van der Waals surface area contributed by atoms with Crippen LogP contribution in [0.3, 0.4) is 0 Å². The van der Waals surface area contributed by atoms with Gasteiger partial charge in [0.25, 0.3) is 0 Å². The van der Waals surface area contributed by atoms with Crippen molar-refractivity contribution in [3.8, 4) is 0 Å². The van der Waals surface area contributed by atoms with E-state index in [1.807, 2.05) is 0 Å². The second kappa shape index (κ2) is 10.6. The Bertz CT molecular complexity index is 492. The molecule has 0 radical (unpaired) electrons. The molecule has 1 saturated heterocycles. The number of aliphatic carboxylic acids is 1. The van der Waals surface area contributed by atoms with Crippen LogP contribution < -0.4 is 5.73 Å². The van der Waals surface area contributed by atoms with Crippen molar-refractivity contribution in [2.24, 2.45) is 5.73 Å². The van der Waals surface area contributed by atoms with E-state index in [4.69, 9.17) is 10.8 Å². The number of hydrogen-bond acceptors (Lipinski definition) is 3. The summed E-state index contributed by atoms with van der Waals surface area (Å²) >= 11 is 0. The van der Waals surface area contributed by atoms with E-state index < -0.39 is 5.97 Å². The van der Waals surface area contributed by atoms with E-state index in [2.05, 4.69) is 35.2 Å². The van der Waals surface area contributed by atoms with Gasteiger partial charge in [-0.05, 0) is 57.3 Å². The minimum atomic E-state index is -0.773. The highest BCUT2D eigenvalue weighted by Crippen LogP contribution is 2.43. The molecule has 1 aromatic rings. The fourth-order valence-corrected chi connectivity index (χ4v) is 4.25. The van der Waals surface area contributed by atoms with Crippen LogP contribution in [0, 0.1) is 0 Å². The Morgan fingerprint density at radius 2 is 1.60 bits per heavy atom. The minimum absolute atomic E-state index is 0.191. The summed E-state index contributed by atoms with van der Waals surface area (Å²) in [5.74, 6) is -0.773. The van der Waals surface area contributed by atoms with E-state index in [9.17, 15) is 4.79 Å². The molecule has 4 nitrogen and oxygen atoms in total. The van der Waals surface area contributed by atoms with E-state index in [0.717, 1.165) is 0 Å².